The smallest absolute Gasteiger partial charge is 0.0905 e. The number of hydrogen-bond donors (Lipinski definition) is 1. The molecule has 0 saturated heterocycles. The Bertz CT molecular complexity index is 272. The second-order valence-corrected chi connectivity index (χ2v) is 2.04. The second-order valence-electron chi connectivity index (χ2n) is 2.04. The first-order chi connectivity index (χ1) is 5.36. The molecule has 1 N–H and O–H groups in total. The highest BCUT2D eigenvalue weighted by Crippen LogP contribution is 2.27. The number of anilines is 2. The van der Waals surface area contributed by atoms with Crippen LogP contribution in [-0.4, -0.2) is 0 Å². The fraction of sp³-hybridized carbons (Fsp3) is 0. The van der Waals surface area contributed by atoms with E-state index in [1.807, 2.05) is 18.2 Å². The Morgan fingerprint density at radius 2 is 1.91 bits per heavy atom. The molecule has 2 bridgehead atoms. The monoisotopic (exact) mass is 144 g/mol. The van der Waals surface area contributed by atoms with Crippen LogP contribution in [0, 0.1) is 11.3 Å². The number of nitrogens with zero attached hydrogens (tertiary/aromatic N) is 1. The number of fused-ring (bicyclic) bond motifs is 2. The van der Waals surface area contributed by atoms with Crippen molar-refractivity contribution >= 4 is 11.4 Å². The number of benzene rings is 1. The number of nitrogens with one attached hydrogen (secondary N) is 1. The molecule has 0 fully saturated rings. The summed E-state index contributed by atoms with van der Waals surface area (Å²) in [5.74, 6) is 0. The SMILES string of the molecule is C=CC#N.c1cc2cc(c1)N2. The van der Waals surface area contributed by atoms with Gasteiger partial charge in [0.2, 0.25) is 0 Å². The van der Waals surface area contributed by atoms with Gasteiger partial charge in [-0.1, -0.05) is 12.6 Å². The first-order valence-corrected chi connectivity index (χ1v) is 3.24. The Morgan fingerprint density at radius 1 is 1.45 bits per heavy atom. The van der Waals surface area contributed by atoms with Crippen LogP contribution < -0.4 is 5.32 Å². The standard InChI is InChI=1S/C6H5N.C3H3N/c1-2-5-4-6(3-1)7-5;1-2-3-4/h1-4,7H;2H,1H2. The lowest BCUT2D eigenvalue weighted by Crippen LogP contribution is -1.98. The third kappa shape index (κ3) is 1.84. The summed E-state index contributed by atoms with van der Waals surface area (Å²) in [4.78, 5) is 0. The van der Waals surface area contributed by atoms with Crippen molar-refractivity contribution in [3.05, 3.63) is 36.9 Å². The molecule has 0 aliphatic carbocycles. The molecule has 2 heteroatoms. The van der Waals surface area contributed by atoms with E-state index in [-0.39, 0.29) is 0 Å². The maximum absolute atomic E-state index is 7.51. The average Bonchev–Trinajstić information content (AvgIpc) is 2.05. The molecule has 1 aromatic carbocycles. The van der Waals surface area contributed by atoms with Crippen molar-refractivity contribution in [3.8, 4) is 6.07 Å². The zero-order valence-corrected chi connectivity index (χ0v) is 6.04. The van der Waals surface area contributed by atoms with E-state index in [1.54, 1.807) is 6.07 Å². The molecule has 0 radical (unpaired) electrons. The maximum atomic E-state index is 7.51. The zero-order chi connectivity index (χ0) is 8.10. The molecular formula is C9H8N2. The van der Waals surface area contributed by atoms with Crippen LogP contribution in [0.2, 0.25) is 0 Å². The van der Waals surface area contributed by atoms with Gasteiger partial charge in [0, 0.05) is 17.5 Å². The van der Waals surface area contributed by atoms with Gasteiger partial charge in [-0.15, -0.1) is 0 Å². The number of nitriles is 1. The lowest BCUT2D eigenvalue weighted by atomic mass is 10.2. The zero-order valence-electron chi connectivity index (χ0n) is 6.04. The fourth-order valence-electron chi connectivity index (χ4n) is 0.764. The molecular weight excluding hydrogens is 136 g/mol. The van der Waals surface area contributed by atoms with Gasteiger partial charge in [-0.2, -0.15) is 5.26 Å². The topological polar surface area (TPSA) is 35.8 Å². The van der Waals surface area contributed by atoms with E-state index in [2.05, 4.69) is 18.0 Å². The fourth-order valence-corrected chi connectivity index (χ4v) is 0.764. The second kappa shape index (κ2) is 3.43. The molecule has 3 rings (SSSR count). The van der Waals surface area contributed by atoms with Crippen LogP contribution in [0.5, 0.6) is 0 Å². The summed E-state index contributed by atoms with van der Waals surface area (Å²) in [5.41, 5.74) is 2.47. The van der Waals surface area contributed by atoms with Crippen LogP contribution in [-0.2, 0) is 0 Å². The molecule has 0 atom stereocenters. The summed E-state index contributed by atoms with van der Waals surface area (Å²) in [6, 6.07) is 9.95. The van der Waals surface area contributed by atoms with E-state index in [9.17, 15) is 0 Å². The van der Waals surface area contributed by atoms with Crippen LogP contribution in [0.1, 0.15) is 0 Å². The predicted octanol–water partition coefficient (Wildman–Crippen LogP) is 2.44. The van der Waals surface area contributed by atoms with Gasteiger partial charge in [0.1, 0.15) is 0 Å². The van der Waals surface area contributed by atoms with Crippen molar-refractivity contribution in [2.45, 2.75) is 0 Å². The summed E-state index contributed by atoms with van der Waals surface area (Å²) in [7, 11) is 0. The third-order valence-corrected chi connectivity index (χ3v) is 1.24. The summed E-state index contributed by atoms with van der Waals surface area (Å²) >= 11 is 0. The van der Waals surface area contributed by atoms with E-state index in [4.69, 9.17) is 5.26 Å². The van der Waals surface area contributed by atoms with Crippen molar-refractivity contribution in [2.75, 3.05) is 5.32 Å². The molecule has 2 nitrogen and oxygen atoms in total. The largest absolute Gasteiger partial charge is 0.355 e. The Hall–Kier alpha value is -1.75. The van der Waals surface area contributed by atoms with E-state index in [0.717, 1.165) is 0 Å². The van der Waals surface area contributed by atoms with Crippen LogP contribution >= 0.6 is 0 Å². The van der Waals surface area contributed by atoms with Gasteiger partial charge in [0.25, 0.3) is 0 Å². The number of allylic oxidation sites excluding steroid dienone is 1. The van der Waals surface area contributed by atoms with Crippen LogP contribution in [0.3, 0.4) is 0 Å². The van der Waals surface area contributed by atoms with Crippen LogP contribution in [0.4, 0.5) is 11.4 Å². The van der Waals surface area contributed by atoms with Crippen LogP contribution in [0.25, 0.3) is 0 Å². The van der Waals surface area contributed by atoms with Gasteiger partial charge in [0.05, 0.1) is 6.07 Å². The molecule has 2 heterocycles. The summed E-state index contributed by atoms with van der Waals surface area (Å²) in [6.45, 7) is 3.12. The lowest BCUT2D eigenvalue weighted by Gasteiger charge is -2.15. The van der Waals surface area contributed by atoms with Crippen molar-refractivity contribution in [3.63, 3.8) is 0 Å². The van der Waals surface area contributed by atoms with Gasteiger partial charge in [0.15, 0.2) is 0 Å². The Labute approximate surface area is 65.8 Å². The molecule has 0 saturated carbocycles. The normalized spacial score (nSPS) is 9.00. The van der Waals surface area contributed by atoms with E-state index < -0.39 is 0 Å². The van der Waals surface area contributed by atoms with Crippen LogP contribution in [0.15, 0.2) is 36.9 Å². The highest BCUT2D eigenvalue weighted by Gasteiger charge is 2.02. The molecule has 0 unspecified atom stereocenters. The summed E-state index contributed by atoms with van der Waals surface area (Å²) in [5, 5.41) is 10.6. The van der Waals surface area contributed by atoms with Crippen molar-refractivity contribution in [1.82, 2.24) is 0 Å². The van der Waals surface area contributed by atoms with E-state index in [1.165, 1.54) is 17.5 Å². The minimum Gasteiger partial charge on any atom is -0.355 e. The minimum absolute atomic E-state index is 1.18. The molecule has 2 aliphatic heterocycles. The summed E-state index contributed by atoms with van der Waals surface area (Å²) in [6.07, 6.45) is 1.18. The number of rotatable bonds is 0. The van der Waals surface area contributed by atoms with Crippen molar-refractivity contribution in [2.24, 2.45) is 0 Å². The highest BCUT2D eigenvalue weighted by atomic mass is 14.9. The molecule has 2 aliphatic rings. The molecule has 0 spiro atoms. The highest BCUT2D eigenvalue weighted by molar-refractivity contribution is 5.73. The Kier molecular flexibility index (Phi) is 2.29. The van der Waals surface area contributed by atoms with Crippen molar-refractivity contribution < 1.29 is 0 Å². The predicted molar refractivity (Wildman–Crippen MR) is 45.5 cm³/mol. The van der Waals surface area contributed by atoms with Gasteiger partial charge in [-0.05, 0) is 18.2 Å². The molecule has 0 amide bonds. The van der Waals surface area contributed by atoms with Gasteiger partial charge in [-0.3, -0.25) is 0 Å². The lowest BCUT2D eigenvalue weighted by molar-refractivity contribution is 1.48. The van der Waals surface area contributed by atoms with Crippen molar-refractivity contribution in [1.29, 1.82) is 5.26 Å². The maximum Gasteiger partial charge on any atom is 0.0905 e. The van der Waals surface area contributed by atoms with Gasteiger partial charge < -0.3 is 5.32 Å². The first-order valence-electron chi connectivity index (χ1n) is 3.24. The summed E-state index contributed by atoms with van der Waals surface area (Å²) < 4.78 is 0. The molecule has 11 heavy (non-hydrogen) atoms. The average molecular weight is 144 g/mol. The van der Waals surface area contributed by atoms with Gasteiger partial charge >= 0.3 is 0 Å². The minimum atomic E-state index is 1.18. The van der Waals surface area contributed by atoms with E-state index >= 15 is 0 Å². The Balaban J connectivity index is 0.000000134. The third-order valence-electron chi connectivity index (χ3n) is 1.24. The van der Waals surface area contributed by atoms with E-state index in [0.29, 0.717) is 0 Å². The Morgan fingerprint density at radius 3 is 2.00 bits per heavy atom. The first kappa shape index (κ1) is 7.36. The number of hydrogen-bond acceptors (Lipinski definition) is 2. The quantitative estimate of drug-likeness (QED) is 0.576. The molecule has 54 valence electrons. The van der Waals surface area contributed by atoms with Gasteiger partial charge in [-0.25, -0.2) is 0 Å². The molecule has 0 aromatic heterocycles. The molecule has 1 aromatic rings.